The van der Waals surface area contributed by atoms with Crippen LogP contribution in [0.3, 0.4) is 0 Å². The molecular weight excluding hydrogens is 236 g/mol. The zero-order chi connectivity index (χ0) is 13.7. The average Bonchev–Trinajstić information content (AvgIpc) is 2.86. The summed E-state index contributed by atoms with van der Waals surface area (Å²) in [5.74, 6) is 2.37. The van der Waals surface area contributed by atoms with Crippen molar-refractivity contribution in [2.75, 3.05) is 6.54 Å². The molecule has 1 atom stereocenters. The van der Waals surface area contributed by atoms with Crippen molar-refractivity contribution in [3.05, 3.63) is 12.2 Å². The van der Waals surface area contributed by atoms with Crippen LogP contribution in [0.2, 0.25) is 0 Å². The number of nitrogens with zero attached hydrogens (tertiary/aromatic N) is 3. The minimum atomic E-state index is 0.534. The van der Waals surface area contributed by atoms with Crippen LogP contribution in [0.4, 0.5) is 0 Å². The van der Waals surface area contributed by atoms with E-state index >= 15 is 0 Å². The molecule has 1 saturated carbocycles. The Bertz CT molecular complexity index is 366. The fourth-order valence-corrected chi connectivity index (χ4v) is 3.26. The Morgan fingerprint density at radius 3 is 2.68 bits per heavy atom. The highest BCUT2D eigenvalue weighted by Crippen LogP contribution is 2.29. The molecule has 1 fully saturated rings. The first-order chi connectivity index (χ1) is 9.20. The van der Waals surface area contributed by atoms with Gasteiger partial charge in [0.05, 0.1) is 0 Å². The number of nitrogens with two attached hydrogens (primary N) is 1. The van der Waals surface area contributed by atoms with Crippen molar-refractivity contribution in [3.63, 3.8) is 0 Å². The second-order valence-electron chi connectivity index (χ2n) is 6.38. The third-order valence-electron chi connectivity index (χ3n) is 4.22. The van der Waals surface area contributed by atoms with Crippen LogP contribution >= 0.6 is 0 Å². The van der Waals surface area contributed by atoms with Crippen molar-refractivity contribution in [1.82, 2.24) is 14.8 Å². The van der Waals surface area contributed by atoms with Gasteiger partial charge in [-0.15, -0.1) is 10.2 Å². The minimum Gasteiger partial charge on any atom is -0.330 e. The monoisotopic (exact) mass is 264 g/mol. The van der Waals surface area contributed by atoms with Crippen LogP contribution in [-0.2, 0) is 6.42 Å². The first-order valence-corrected chi connectivity index (χ1v) is 7.79. The van der Waals surface area contributed by atoms with Gasteiger partial charge in [-0.25, -0.2) is 0 Å². The van der Waals surface area contributed by atoms with Crippen LogP contribution in [-0.4, -0.2) is 21.3 Å². The molecule has 1 unspecified atom stereocenters. The highest BCUT2D eigenvalue weighted by Gasteiger charge is 2.20. The van der Waals surface area contributed by atoms with E-state index in [-0.39, 0.29) is 0 Å². The second-order valence-corrected chi connectivity index (χ2v) is 6.38. The van der Waals surface area contributed by atoms with Crippen molar-refractivity contribution in [2.24, 2.45) is 17.6 Å². The Morgan fingerprint density at radius 1 is 1.32 bits per heavy atom. The van der Waals surface area contributed by atoms with E-state index < -0.39 is 0 Å². The fraction of sp³-hybridized carbons (Fsp3) is 0.867. The Hall–Kier alpha value is -0.900. The predicted molar refractivity (Wildman–Crippen MR) is 77.8 cm³/mol. The van der Waals surface area contributed by atoms with Gasteiger partial charge < -0.3 is 10.3 Å². The summed E-state index contributed by atoms with van der Waals surface area (Å²) >= 11 is 0. The summed E-state index contributed by atoms with van der Waals surface area (Å²) in [6, 6.07) is 0.622. The molecule has 2 N–H and O–H groups in total. The van der Waals surface area contributed by atoms with Gasteiger partial charge in [0.15, 0.2) is 0 Å². The maximum Gasteiger partial charge on any atom is 0.133 e. The number of aromatic nitrogens is 3. The molecule has 0 radical (unpaired) electrons. The van der Waals surface area contributed by atoms with Gasteiger partial charge in [0.25, 0.3) is 0 Å². The molecular formula is C15H28N4. The van der Waals surface area contributed by atoms with Crippen molar-refractivity contribution >= 4 is 0 Å². The highest BCUT2D eigenvalue weighted by molar-refractivity contribution is 4.93. The summed E-state index contributed by atoms with van der Waals surface area (Å²) in [7, 11) is 0. The van der Waals surface area contributed by atoms with Crippen LogP contribution in [0.25, 0.3) is 0 Å². The van der Waals surface area contributed by atoms with Crippen molar-refractivity contribution in [1.29, 1.82) is 0 Å². The van der Waals surface area contributed by atoms with E-state index in [9.17, 15) is 0 Å². The maximum absolute atomic E-state index is 5.91. The normalized spacial score (nSPS) is 18.9. The molecule has 108 valence electrons. The molecule has 1 aromatic heterocycles. The van der Waals surface area contributed by atoms with Crippen molar-refractivity contribution in [3.8, 4) is 0 Å². The Morgan fingerprint density at radius 2 is 2.05 bits per heavy atom. The van der Waals surface area contributed by atoms with Gasteiger partial charge >= 0.3 is 0 Å². The van der Waals surface area contributed by atoms with E-state index in [4.69, 9.17) is 5.73 Å². The Kier molecular flexibility index (Phi) is 5.37. The quantitative estimate of drug-likeness (QED) is 0.859. The molecule has 1 aromatic rings. The number of hydrogen-bond donors (Lipinski definition) is 1. The van der Waals surface area contributed by atoms with E-state index in [1.54, 1.807) is 0 Å². The summed E-state index contributed by atoms with van der Waals surface area (Å²) < 4.78 is 2.32. The molecule has 0 spiro atoms. The first-order valence-electron chi connectivity index (χ1n) is 7.79. The molecule has 4 nitrogen and oxygen atoms in total. The zero-order valence-corrected chi connectivity index (χ0v) is 12.4. The molecule has 1 aliphatic rings. The standard InChI is InChI=1S/C15H28N4/c1-12(2)8-13(10-16)9-15-18-17-11-19(15)14-6-4-3-5-7-14/h11-14H,3-10,16H2,1-2H3. The van der Waals surface area contributed by atoms with E-state index in [2.05, 4.69) is 28.6 Å². The van der Waals surface area contributed by atoms with Gasteiger partial charge in [0.2, 0.25) is 0 Å². The average molecular weight is 264 g/mol. The summed E-state index contributed by atoms with van der Waals surface area (Å²) in [6.45, 7) is 5.26. The second kappa shape index (κ2) is 7.04. The van der Waals surface area contributed by atoms with Crippen LogP contribution in [0.15, 0.2) is 6.33 Å². The van der Waals surface area contributed by atoms with Gasteiger partial charge in [-0.2, -0.15) is 0 Å². The van der Waals surface area contributed by atoms with Gasteiger partial charge in [-0.3, -0.25) is 0 Å². The maximum atomic E-state index is 5.91. The lowest BCUT2D eigenvalue weighted by Crippen LogP contribution is -2.22. The minimum absolute atomic E-state index is 0.534. The van der Waals surface area contributed by atoms with Crippen LogP contribution in [0.5, 0.6) is 0 Å². The lowest BCUT2D eigenvalue weighted by Gasteiger charge is -2.25. The van der Waals surface area contributed by atoms with Crippen molar-refractivity contribution in [2.45, 2.75) is 64.8 Å². The summed E-state index contributed by atoms with van der Waals surface area (Å²) in [5.41, 5.74) is 5.91. The van der Waals surface area contributed by atoms with Gasteiger partial charge in [0, 0.05) is 12.5 Å². The molecule has 0 saturated heterocycles. The molecule has 0 bridgehead atoms. The largest absolute Gasteiger partial charge is 0.330 e. The molecule has 0 aliphatic heterocycles. The topological polar surface area (TPSA) is 56.7 Å². The number of hydrogen-bond acceptors (Lipinski definition) is 3. The van der Waals surface area contributed by atoms with Crippen molar-refractivity contribution < 1.29 is 0 Å². The molecule has 2 rings (SSSR count). The SMILES string of the molecule is CC(C)CC(CN)Cc1nncn1C1CCCCC1. The van der Waals surface area contributed by atoms with Crippen LogP contribution in [0, 0.1) is 11.8 Å². The zero-order valence-electron chi connectivity index (χ0n) is 12.4. The first kappa shape index (κ1) is 14.5. The van der Waals surface area contributed by atoms with E-state index in [1.165, 1.54) is 38.5 Å². The predicted octanol–water partition coefficient (Wildman–Crippen LogP) is 2.95. The van der Waals surface area contributed by atoms with Gasteiger partial charge in [-0.05, 0) is 37.6 Å². The lowest BCUT2D eigenvalue weighted by molar-refractivity contribution is 0.334. The Balaban J connectivity index is 2.01. The number of rotatable bonds is 6. The molecule has 4 heteroatoms. The third kappa shape index (κ3) is 4.03. The molecule has 19 heavy (non-hydrogen) atoms. The lowest BCUT2D eigenvalue weighted by atomic mass is 9.92. The summed E-state index contributed by atoms with van der Waals surface area (Å²) in [5, 5.41) is 8.48. The van der Waals surface area contributed by atoms with Crippen LogP contribution in [0.1, 0.15) is 64.2 Å². The fourth-order valence-electron chi connectivity index (χ4n) is 3.26. The Labute approximate surface area is 116 Å². The van der Waals surface area contributed by atoms with E-state index in [0.717, 1.165) is 18.8 Å². The summed E-state index contributed by atoms with van der Waals surface area (Å²) in [4.78, 5) is 0. The summed E-state index contributed by atoms with van der Waals surface area (Å²) in [6.07, 6.45) is 10.7. The molecule has 0 aromatic carbocycles. The molecule has 1 aliphatic carbocycles. The van der Waals surface area contributed by atoms with E-state index in [0.29, 0.717) is 17.9 Å². The third-order valence-corrected chi connectivity index (χ3v) is 4.22. The highest BCUT2D eigenvalue weighted by atomic mass is 15.3. The molecule has 0 amide bonds. The smallest absolute Gasteiger partial charge is 0.133 e. The van der Waals surface area contributed by atoms with Gasteiger partial charge in [0.1, 0.15) is 12.2 Å². The molecule has 1 heterocycles. The van der Waals surface area contributed by atoms with Gasteiger partial charge in [-0.1, -0.05) is 33.1 Å². The van der Waals surface area contributed by atoms with E-state index in [1.807, 2.05) is 6.33 Å². The van der Waals surface area contributed by atoms with Crippen LogP contribution < -0.4 is 5.73 Å².